The predicted octanol–water partition coefficient (Wildman–Crippen LogP) is 2.30. The van der Waals surface area contributed by atoms with Crippen LogP contribution >= 0.6 is 31.9 Å². The lowest BCUT2D eigenvalue weighted by Gasteiger charge is -2.10. The van der Waals surface area contributed by atoms with Crippen molar-refractivity contribution in [3.8, 4) is 5.69 Å². The van der Waals surface area contributed by atoms with Crippen LogP contribution in [0.2, 0.25) is 0 Å². The second-order valence-corrected chi connectivity index (χ2v) is 8.27. The zero-order chi connectivity index (χ0) is 19.8. The second-order valence-electron chi connectivity index (χ2n) is 6.56. The molecule has 0 aliphatic heterocycles. The summed E-state index contributed by atoms with van der Waals surface area (Å²) in [6.45, 7) is 0. The molecule has 1 fully saturated rings. The number of hydrogen-bond donors (Lipinski definition) is 1. The Balaban J connectivity index is 1.66. The standard InChI is InChI=1S/C17H15Br2N5O4/c18-12-5-10(23-16(26)21-14(25)8-20-23)6-13(19)11(12)7-15-22-24(17(27)28-15)9-3-1-2-4-9/h5-6,8-9H,1-4,7H2,(H,21,25,26). The summed E-state index contributed by atoms with van der Waals surface area (Å²) >= 11 is 6.97. The number of nitrogens with zero attached hydrogens (tertiary/aromatic N) is 4. The molecule has 0 bridgehead atoms. The summed E-state index contributed by atoms with van der Waals surface area (Å²) in [5.41, 5.74) is 0.0620. The molecule has 3 aromatic rings. The molecule has 1 saturated carbocycles. The van der Waals surface area contributed by atoms with Gasteiger partial charge in [-0.2, -0.15) is 14.5 Å². The van der Waals surface area contributed by atoms with Gasteiger partial charge in [0, 0.05) is 8.95 Å². The number of hydrogen-bond acceptors (Lipinski definition) is 6. The fraction of sp³-hybridized carbons (Fsp3) is 0.353. The Morgan fingerprint density at radius 1 is 1.14 bits per heavy atom. The lowest BCUT2D eigenvalue weighted by atomic mass is 10.1. The molecule has 1 aliphatic carbocycles. The molecule has 9 nitrogen and oxygen atoms in total. The molecule has 4 rings (SSSR count). The first-order valence-electron chi connectivity index (χ1n) is 8.68. The summed E-state index contributed by atoms with van der Waals surface area (Å²) in [5.74, 6) is -0.111. The number of benzene rings is 1. The summed E-state index contributed by atoms with van der Waals surface area (Å²) in [6, 6.07) is 3.50. The predicted molar refractivity (Wildman–Crippen MR) is 107 cm³/mol. The molecule has 11 heteroatoms. The number of aromatic nitrogens is 5. The third kappa shape index (κ3) is 3.68. The van der Waals surface area contributed by atoms with E-state index >= 15 is 0 Å². The van der Waals surface area contributed by atoms with Crippen molar-refractivity contribution in [1.82, 2.24) is 24.5 Å². The lowest BCUT2D eigenvalue weighted by Crippen LogP contribution is -2.30. The van der Waals surface area contributed by atoms with Crippen molar-refractivity contribution in [3.63, 3.8) is 0 Å². The molecular weight excluding hydrogens is 498 g/mol. The molecule has 1 aromatic carbocycles. The fourth-order valence-corrected chi connectivity index (χ4v) is 4.79. The van der Waals surface area contributed by atoms with Crippen LogP contribution in [0.1, 0.15) is 43.2 Å². The lowest BCUT2D eigenvalue weighted by molar-refractivity contribution is 0.407. The summed E-state index contributed by atoms with van der Waals surface area (Å²) in [5, 5.41) is 8.21. The van der Waals surface area contributed by atoms with Crippen LogP contribution in [-0.2, 0) is 6.42 Å². The van der Waals surface area contributed by atoms with E-state index in [9.17, 15) is 14.4 Å². The number of halogens is 2. The van der Waals surface area contributed by atoms with Gasteiger partial charge in [-0.25, -0.2) is 9.59 Å². The van der Waals surface area contributed by atoms with Gasteiger partial charge in [0.25, 0.3) is 5.56 Å². The van der Waals surface area contributed by atoms with Gasteiger partial charge in [-0.3, -0.25) is 9.78 Å². The van der Waals surface area contributed by atoms with Gasteiger partial charge in [0.05, 0.1) is 18.2 Å². The van der Waals surface area contributed by atoms with Crippen molar-refractivity contribution >= 4 is 31.9 Å². The number of rotatable bonds is 4. The van der Waals surface area contributed by atoms with E-state index in [1.54, 1.807) is 12.1 Å². The van der Waals surface area contributed by atoms with Gasteiger partial charge in [0.15, 0.2) is 0 Å². The van der Waals surface area contributed by atoms with E-state index in [4.69, 9.17) is 4.42 Å². The summed E-state index contributed by atoms with van der Waals surface area (Å²) < 4.78 is 9.21. The topological polar surface area (TPSA) is 116 Å². The van der Waals surface area contributed by atoms with Gasteiger partial charge in [-0.1, -0.05) is 44.7 Å². The number of aromatic amines is 1. The van der Waals surface area contributed by atoms with Gasteiger partial charge >= 0.3 is 11.4 Å². The summed E-state index contributed by atoms with van der Waals surface area (Å²) in [4.78, 5) is 37.4. The highest BCUT2D eigenvalue weighted by Gasteiger charge is 2.22. The Hall–Kier alpha value is -2.27. The Labute approximate surface area is 174 Å². The number of H-pyrrole nitrogens is 1. The van der Waals surface area contributed by atoms with E-state index in [1.807, 2.05) is 0 Å². The maximum absolute atomic E-state index is 12.1. The Kier molecular flexibility index (Phi) is 5.19. The second kappa shape index (κ2) is 7.63. The largest absolute Gasteiger partial charge is 0.437 e. The molecule has 0 saturated heterocycles. The maximum atomic E-state index is 12.1. The van der Waals surface area contributed by atoms with Crippen LogP contribution < -0.4 is 17.0 Å². The van der Waals surface area contributed by atoms with Crippen LogP contribution in [0.3, 0.4) is 0 Å². The molecule has 0 unspecified atom stereocenters. The van der Waals surface area contributed by atoms with Crippen molar-refractivity contribution in [1.29, 1.82) is 0 Å². The third-order valence-electron chi connectivity index (χ3n) is 4.69. The van der Waals surface area contributed by atoms with Crippen LogP contribution in [0.25, 0.3) is 5.69 Å². The molecule has 28 heavy (non-hydrogen) atoms. The van der Waals surface area contributed by atoms with Crippen LogP contribution in [0, 0.1) is 0 Å². The SMILES string of the molecule is O=c1cnn(-c2cc(Br)c(Cc3nn(C4CCCC4)c(=O)o3)c(Br)c2)c(=O)[nH]1. The quantitative estimate of drug-likeness (QED) is 0.573. The average molecular weight is 513 g/mol. The van der Waals surface area contributed by atoms with E-state index < -0.39 is 17.0 Å². The van der Waals surface area contributed by atoms with Crippen LogP contribution in [0.15, 0.2) is 46.1 Å². The summed E-state index contributed by atoms with van der Waals surface area (Å²) in [7, 11) is 0. The molecule has 2 heterocycles. The highest BCUT2D eigenvalue weighted by Crippen LogP contribution is 2.31. The summed E-state index contributed by atoms with van der Waals surface area (Å²) in [6.07, 6.45) is 5.39. The van der Waals surface area contributed by atoms with Gasteiger partial charge in [-0.15, -0.1) is 5.10 Å². The Morgan fingerprint density at radius 2 is 1.82 bits per heavy atom. The van der Waals surface area contributed by atoms with Crippen molar-refractivity contribution in [3.05, 3.63) is 70.1 Å². The van der Waals surface area contributed by atoms with Crippen LogP contribution in [-0.4, -0.2) is 24.5 Å². The van der Waals surface area contributed by atoms with E-state index in [0.29, 0.717) is 26.9 Å². The van der Waals surface area contributed by atoms with Crippen LogP contribution in [0.4, 0.5) is 0 Å². The molecule has 0 amide bonds. The van der Waals surface area contributed by atoms with Gasteiger partial charge in [0.2, 0.25) is 5.89 Å². The van der Waals surface area contributed by atoms with Gasteiger partial charge in [-0.05, 0) is 30.5 Å². The molecule has 0 spiro atoms. The van der Waals surface area contributed by atoms with Gasteiger partial charge in [0.1, 0.15) is 6.20 Å². The minimum absolute atomic E-state index is 0.109. The third-order valence-corrected chi connectivity index (χ3v) is 6.11. The highest BCUT2D eigenvalue weighted by molar-refractivity contribution is 9.11. The highest BCUT2D eigenvalue weighted by atomic mass is 79.9. The first-order chi connectivity index (χ1) is 13.4. The molecule has 1 aliphatic rings. The molecule has 146 valence electrons. The van der Waals surface area contributed by atoms with Crippen molar-refractivity contribution in [2.75, 3.05) is 0 Å². The minimum atomic E-state index is -0.639. The van der Waals surface area contributed by atoms with Gasteiger partial charge < -0.3 is 4.42 Å². The van der Waals surface area contributed by atoms with Crippen LogP contribution in [0.5, 0.6) is 0 Å². The Morgan fingerprint density at radius 3 is 2.46 bits per heavy atom. The van der Waals surface area contributed by atoms with E-state index in [1.165, 1.54) is 4.68 Å². The molecule has 1 N–H and O–H groups in total. The smallest absolute Gasteiger partial charge is 0.392 e. The zero-order valence-electron chi connectivity index (χ0n) is 14.5. The minimum Gasteiger partial charge on any atom is -0.392 e. The molecule has 2 aromatic heterocycles. The first-order valence-corrected chi connectivity index (χ1v) is 10.3. The molecule has 0 radical (unpaired) electrons. The fourth-order valence-electron chi connectivity index (χ4n) is 3.35. The van der Waals surface area contributed by atoms with Crippen molar-refractivity contribution < 1.29 is 4.42 Å². The maximum Gasteiger partial charge on any atom is 0.437 e. The monoisotopic (exact) mass is 511 g/mol. The van der Waals surface area contributed by atoms with E-state index in [2.05, 4.69) is 47.0 Å². The van der Waals surface area contributed by atoms with E-state index in [-0.39, 0.29) is 6.04 Å². The average Bonchev–Trinajstić information content (AvgIpc) is 3.27. The zero-order valence-corrected chi connectivity index (χ0v) is 17.7. The number of nitrogens with one attached hydrogen (secondary N) is 1. The van der Waals surface area contributed by atoms with Crippen molar-refractivity contribution in [2.45, 2.75) is 38.1 Å². The normalized spacial score (nSPS) is 14.6. The molecule has 0 atom stereocenters. The molecular formula is C17H15Br2N5O4. The Bertz CT molecular complexity index is 1180. The first kappa shape index (κ1) is 19.1. The van der Waals surface area contributed by atoms with E-state index in [0.717, 1.165) is 42.1 Å². The van der Waals surface area contributed by atoms with Crippen molar-refractivity contribution in [2.24, 2.45) is 0 Å².